The minimum Gasteiger partial charge on any atom is -0.465 e. The number of benzene rings is 1. The van der Waals surface area contributed by atoms with E-state index in [4.69, 9.17) is 13.9 Å². The van der Waals surface area contributed by atoms with Gasteiger partial charge in [0.1, 0.15) is 23.7 Å². The first kappa shape index (κ1) is 20.9. The van der Waals surface area contributed by atoms with Crippen molar-refractivity contribution in [2.75, 3.05) is 32.7 Å². The van der Waals surface area contributed by atoms with Gasteiger partial charge in [-0.05, 0) is 19.1 Å². The van der Waals surface area contributed by atoms with Gasteiger partial charge in [-0.25, -0.2) is 9.59 Å². The minimum absolute atomic E-state index is 0.00164. The van der Waals surface area contributed by atoms with Crippen LogP contribution in [0.2, 0.25) is 0 Å². The number of anilines is 1. The van der Waals surface area contributed by atoms with Crippen LogP contribution >= 0.6 is 0 Å². The molecule has 0 amide bonds. The Morgan fingerprint density at radius 3 is 2.57 bits per heavy atom. The maximum absolute atomic E-state index is 12.5. The van der Waals surface area contributed by atoms with E-state index in [1.807, 2.05) is 0 Å². The van der Waals surface area contributed by atoms with Gasteiger partial charge in [0.15, 0.2) is 0 Å². The molecule has 10 nitrogen and oxygen atoms in total. The van der Waals surface area contributed by atoms with Crippen molar-refractivity contribution in [2.24, 2.45) is 0 Å². The summed E-state index contributed by atoms with van der Waals surface area (Å²) in [5, 5.41) is 14.0. The number of carbonyl (C=O) groups excluding carboxylic acids is 2. The van der Waals surface area contributed by atoms with Crippen molar-refractivity contribution in [1.82, 2.24) is 0 Å². The van der Waals surface area contributed by atoms with Crippen LogP contribution in [-0.2, 0) is 20.8 Å². The number of nitro groups is 1. The highest BCUT2D eigenvalue weighted by Crippen LogP contribution is 2.24. The molecular weight excluding hydrogens is 372 g/mol. The first-order valence-electron chi connectivity index (χ1n) is 8.23. The number of ether oxygens (including phenoxy) is 3. The summed E-state index contributed by atoms with van der Waals surface area (Å²) in [5.74, 6) is -0.778. The molecular formula is C18H20N2O8. The predicted octanol–water partition coefficient (Wildman–Crippen LogP) is 2.70. The molecule has 1 heterocycles. The van der Waals surface area contributed by atoms with Gasteiger partial charge in [-0.2, -0.15) is 0 Å². The fourth-order valence-electron chi connectivity index (χ4n) is 2.40. The van der Waals surface area contributed by atoms with Gasteiger partial charge in [-0.1, -0.05) is 0 Å². The number of esters is 2. The van der Waals surface area contributed by atoms with E-state index in [-0.39, 0.29) is 29.2 Å². The van der Waals surface area contributed by atoms with Gasteiger partial charge in [0, 0.05) is 31.5 Å². The molecule has 0 spiro atoms. The van der Waals surface area contributed by atoms with Crippen LogP contribution in [0.3, 0.4) is 0 Å². The lowest BCUT2D eigenvalue weighted by molar-refractivity contribution is -0.384. The number of hydrogen-bond donors (Lipinski definition) is 1. The molecule has 0 bridgehead atoms. The van der Waals surface area contributed by atoms with Crippen molar-refractivity contribution >= 4 is 23.3 Å². The number of furan rings is 1. The zero-order valence-electron chi connectivity index (χ0n) is 15.6. The van der Waals surface area contributed by atoms with Gasteiger partial charge in [-0.15, -0.1) is 0 Å². The third kappa shape index (κ3) is 5.07. The molecule has 0 aliphatic rings. The van der Waals surface area contributed by atoms with E-state index in [1.54, 1.807) is 6.92 Å². The molecule has 0 aliphatic heterocycles. The number of methoxy groups -OCH3 is 2. The van der Waals surface area contributed by atoms with Crippen LogP contribution in [0.15, 0.2) is 28.7 Å². The molecule has 2 rings (SSSR count). The van der Waals surface area contributed by atoms with Crippen LogP contribution in [0.4, 0.5) is 11.4 Å². The largest absolute Gasteiger partial charge is 0.465 e. The zero-order valence-corrected chi connectivity index (χ0v) is 15.6. The molecule has 0 atom stereocenters. The second kappa shape index (κ2) is 9.51. The molecule has 0 aliphatic carbocycles. The normalized spacial score (nSPS) is 10.4. The molecule has 0 saturated carbocycles. The van der Waals surface area contributed by atoms with E-state index in [1.165, 1.54) is 32.4 Å². The molecule has 28 heavy (non-hydrogen) atoms. The van der Waals surface area contributed by atoms with E-state index in [0.29, 0.717) is 24.6 Å². The van der Waals surface area contributed by atoms with Crippen molar-refractivity contribution in [2.45, 2.75) is 13.5 Å². The van der Waals surface area contributed by atoms with Crippen LogP contribution < -0.4 is 5.32 Å². The summed E-state index contributed by atoms with van der Waals surface area (Å²) in [6.45, 7) is 2.11. The smallest absolute Gasteiger partial charge is 0.341 e. The van der Waals surface area contributed by atoms with E-state index in [2.05, 4.69) is 10.1 Å². The summed E-state index contributed by atoms with van der Waals surface area (Å²) in [5.41, 5.74) is 0.358. The van der Waals surface area contributed by atoms with Crippen LogP contribution in [0, 0.1) is 17.0 Å². The van der Waals surface area contributed by atoms with Gasteiger partial charge in [-0.3, -0.25) is 10.1 Å². The Labute approximate surface area is 160 Å². The summed E-state index contributed by atoms with van der Waals surface area (Å²) in [6, 6.07) is 5.26. The van der Waals surface area contributed by atoms with Gasteiger partial charge in [0.05, 0.1) is 24.2 Å². The Morgan fingerprint density at radius 2 is 1.93 bits per heavy atom. The number of nitrogens with zero attached hydrogens (tertiary/aromatic N) is 1. The Bertz CT molecular complexity index is 874. The van der Waals surface area contributed by atoms with Crippen LogP contribution in [-0.4, -0.2) is 44.2 Å². The average molecular weight is 392 g/mol. The highest BCUT2D eigenvalue weighted by Gasteiger charge is 2.20. The highest BCUT2D eigenvalue weighted by atomic mass is 16.6. The molecule has 150 valence electrons. The molecule has 1 N–H and O–H groups in total. The van der Waals surface area contributed by atoms with Crippen molar-refractivity contribution < 1.29 is 33.1 Å². The van der Waals surface area contributed by atoms with Gasteiger partial charge >= 0.3 is 11.9 Å². The zero-order chi connectivity index (χ0) is 20.7. The second-order valence-corrected chi connectivity index (χ2v) is 5.66. The average Bonchev–Trinajstić information content (AvgIpc) is 3.06. The predicted molar refractivity (Wildman–Crippen MR) is 97.4 cm³/mol. The molecule has 10 heteroatoms. The summed E-state index contributed by atoms with van der Waals surface area (Å²) in [4.78, 5) is 34.5. The van der Waals surface area contributed by atoms with Crippen LogP contribution in [0.25, 0.3) is 0 Å². The van der Waals surface area contributed by atoms with Crippen molar-refractivity contribution in [3.05, 3.63) is 57.0 Å². The molecule has 1 aromatic heterocycles. The van der Waals surface area contributed by atoms with Gasteiger partial charge in [0.25, 0.3) is 5.69 Å². The topological polar surface area (TPSA) is 130 Å². The third-order valence-corrected chi connectivity index (χ3v) is 3.78. The number of nitrogens with one attached hydrogen (secondary N) is 1. The SMILES string of the molecule is COCCNc1ccc([N+](=O)[O-])cc1C(=O)OCc1cc(C(=O)OC)c(C)o1. The number of rotatable bonds is 9. The fraction of sp³-hybridized carbons (Fsp3) is 0.333. The molecule has 0 fully saturated rings. The van der Waals surface area contributed by atoms with Gasteiger partial charge < -0.3 is 23.9 Å². The fourth-order valence-corrected chi connectivity index (χ4v) is 2.40. The lowest BCUT2D eigenvalue weighted by Gasteiger charge is -2.11. The number of non-ortho nitro benzene ring substituents is 1. The molecule has 1 aromatic carbocycles. The van der Waals surface area contributed by atoms with Crippen LogP contribution in [0.1, 0.15) is 32.2 Å². The summed E-state index contributed by atoms with van der Waals surface area (Å²) in [7, 11) is 2.77. The lowest BCUT2D eigenvalue weighted by Crippen LogP contribution is -2.13. The Balaban J connectivity index is 2.16. The Kier molecular flexibility index (Phi) is 7.10. The van der Waals surface area contributed by atoms with E-state index in [9.17, 15) is 19.7 Å². The van der Waals surface area contributed by atoms with Crippen LogP contribution in [0.5, 0.6) is 0 Å². The number of aryl methyl sites for hydroxylation is 1. The maximum atomic E-state index is 12.5. The molecule has 2 aromatic rings. The van der Waals surface area contributed by atoms with Crippen molar-refractivity contribution in [1.29, 1.82) is 0 Å². The quantitative estimate of drug-likeness (QED) is 0.296. The number of nitro benzene ring substituents is 1. The second-order valence-electron chi connectivity index (χ2n) is 5.66. The Hall–Kier alpha value is -3.40. The number of carbonyl (C=O) groups is 2. The lowest BCUT2D eigenvalue weighted by atomic mass is 10.1. The third-order valence-electron chi connectivity index (χ3n) is 3.78. The highest BCUT2D eigenvalue weighted by molar-refractivity contribution is 5.96. The molecule has 0 unspecified atom stereocenters. The first-order valence-corrected chi connectivity index (χ1v) is 8.23. The van der Waals surface area contributed by atoms with E-state index >= 15 is 0 Å². The standard InChI is InChI=1S/C18H20N2O8/c1-11-14(17(21)26-3)9-13(28-11)10-27-18(22)15-8-12(20(23)24)4-5-16(15)19-6-7-25-2/h4-5,8-9,19H,6-7,10H2,1-3H3. The summed E-state index contributed by atoms with van der Waals surface area (Å²) in [6.07, 6.45) is 0. The van der Waals surface area contributed by atoms with E-state index < -0.39 is 16.9 Å². The maximum Gasteiger partial charge on any atom is 0.341 e. The summed E-state index contributed by atoms with van der Waals surface area (Å²) < 4.78 is 20.1. The Morgan fingerprint density at radius 1 is 1.18 bits per heavy atom. The number of hydrogen-bond acceptors (Lipinski definition) is 9. The summed E-state index contributed by atoms with van der Waals surface area (Å²) >= 11 is 0. The van der Waals surface area contributed by atoms with E-state index in [0.717, 1.165) is 6.07 Å². The van der Waals surface area contributed by atoms with Crippen molar-refractivity contribution in [3.8, 4) is 0 Å². The van der Waals surface area contributed by atoms with Crippen molar-refractivity contribution in [3.63, 3.8) is 0 Å². The monoisotopic (exact) mass is 392 g/mol. The molecule has 0 radical (unpaired) electrons. The first-order chi connectivity index (χ1) is 13.4. The minimum atomic E-state index is -0.780. The van der Waals surface area contributed by atoms with Gasteiger partial charge in [0.2, 0.25) is 0 Å². The molecule has 0 saturated heterocycles.